The van der Waals surface area contributed by atoms with Crippen LogP contribution < -0.4 is 4.72 Å². The third kappa shape index (κ3) is 3.65. The van der Waals surface area contributed by atoms with E-state index in [0.717, 1.165) is 0 Å². The smallest absolute Gasteiger partial charge is 0.207 e. The number of alkyl halides is 3. The van der Waals surface area contributed by atoms with E-state index in [1.165, 1.54) is 6.92 Å². The van der Waals surface area contributed by atoms with E-state index < -0.39 is 38.5 Å². The van der Waals surface area contributed by atoms with Crippen LogP contribution in [0.5, 0.6) is 0 Å². The van der Waals surface area contributed by atoms with Crippen molar-refractivity contribution in [2.24, 2.45) is 0 Å². The van der Waals surface area contributed by atoms with E-state index >= 15 is 0 Å². The summed E-state index contributed by atoms with van der Waals surface area (Å²) in [6.07, 6.45) is -5.00. The minimum atomic E-state index is -5.00. The third-order valence-corrected chi connectivity index (χ3v) is 3.62. The molecule has 0 bridgehead atoms. The summed E-state index contributed by atoms with van der Waals surface area (Å²) in [5, 5.41) is 8.46. The lowest BCUT2D eigenvalue weighted by atomic mass is 10.2. The average Bonchev–Trinajstić information content (AvgIpc) is 2.26. The largest absolute Gasteiger partial charge is 0.419 e. The zero-order valence-electron chi connectivity index (χ0n) is 9.49. The lowest BCUT2D eigenvalue weighted by Gasteiger charge is -2.11. The number of sulfonamides is 1. The lowest BCUT2D eigenvalue weighted by Crippen LogP contribution is -2.31. The first-order valence-electron chi connectivity index (χ1n) is 4.86. The highest BCUT2D eigenvalue weighted by Crippen LogP contribution is 2.32. The minimum Gasteiger partial charge on any atom is -0.207 e. The molecule has 0 aliphatic carbocycles. The van der Waals surface area contributed by atoms with Gasteiger partial charge in [-0.2, -0.15) is 23.2 Å². The van der Waals surface area contributed by atoms with Crippen molar-refractivity contribution >= 4 is 10.0 Å². The van der Waals surface area contributed by atoms with Crippen molar-refractivity contribution in [2.45, 2.75) is 24.0 Å². The molecular formula is C10H8F4N2O2S. The quantitative estimate of drug-likeness (QED) is 0.868. The predicted molar refractivity (Wildman–Crippen MR) is 56.8 cm³/mol. The number of nitriles is 1. The van der Waals surface area contributed by atoms with Crippen LogP contribution >= 0.6 is 0 Å². The maximum atomic E-state index is 13.0. The van der Waals surface area contributed by atoms with E-state index in [0.29, 0.717) is 12.1 Å². The van der Waals surface area contributed by atoms with Gasteiger partial charge in [-0.15, -0.1) is 0 Å². The normalized spacial score (nSPS) is 13.9. The Morgan fingerprint density at radius 1 is 1.37 bits per heavy atom. The van der Waals surface area contributed by atoms with Crippen molar-refractivity contribution < 1.29 is 26.0 Å². The molecular weight excluding hydrogens is 288 g/mol. The van der Waals surface area contributed by atoms with Crippen LogP contribution in [0.4, 0.5) is 17.6 Å². The second-order valence-corrected chi connectivity index (χ2v) is 5.33. The van der Waals surface area contributed by atoms with Crippen LogP contribution in [0.25, 0.3) is 0 Å². The monoisotopic (exact) mass is 296 g/mol. The molecule has 0 aliphatic heterocycles. The van der Waals surface area contributed by atoms with Gasteiger partial charge in [-0.1, -0.05) is 0 Å². The van der Waals surface area contributed by atoms with E-state index in [-0.39, 0.29) is 6.07 Å². The minimum absolute atomic E-state index is 0.182. The Balaban J connectivity index is 3.28. The van der Waals surface area contributed by atoms with Gasteiger partial charge < -0.3 is 0 Å². The van der Waals surface area contributed by atoms with Crippen molar-refractivity contribution in [1.82, 2.24) is 4.72 Å². The van der Waals surface area contributed by atoms with Gasteiger partial charge in [0.2, 0.25) is 10.0 Å². The molecule has 0 saturated carbocycles. The van der Waals surface area contributed by atoms with Gasteiger partial charge in [0, 0.05) is 0 Å². The first-order chi connectivity index (χ1) is 8.58. The fourth-order valence-electron chi connectivity index (χ4n) is 1.22. The highest BCUT2D eigenvalue weighted by atomic mass is 32.2. The summed E-state index contributed by atoms with van der Waals surface area (Å²) in [5.74, 6) is -1.57. The van der Waals surface area contributed by atoms with Crippen LogP contribution in [0.15, 0.2) is 23.1 Å². The number of nitrogens with one attached hydrogen (secondary N) is 1. The summed E-state index contributed by atoms with van der Waals surface area (Å²) in [4.78, 5) is -0.761. The van der Waals surface area contributed by atoms with Crippen LogP contribution in [-0.4, -0.2) is 14.5 Å². The van der Waals surface area contributed by atoms with Crippen molar-refractivity contribution in [3.63, 3.8) is 0 Å². The molecule has 4 nitrogen and oxygen atoms in total. The van der Waals surface area contributed by atoms with Gasteiger partial charge in [0.05, 0.1) is 16.5 Å². The molecule has 1 aromatic carbocycles. The number of hydrogen-bond donors (Lipinski definition) is 1. The van der Waals surface area contributed by atoms with Crippen LogP contribution in [0.3, 0.4) is 0 Å². The fourth-order valence-corrected chi connectivity index (χ4v) is 2.39. The standard InChI is InChI=1S/C10H8F4N2O2S/c1-6(5-15)16-19(17,18)7-2-3-9(11)8(4-7)10(12,13)14/h2-4,6,16H,1H3/t6-/m0/s1. The highest BCUT2D eigenvalue weighted by molar-refractivity contribution is 7.89. The SMILES string of the molecule is C[C@@H](C#N)NS(=O)(=O)c1ccc(F)c(C(F)(F)F)c1. The number of nitrogens with zero attached hydrogens (tertiary/aromatic N) is 1. The molecule has 19 heavy (non-hydrogen) atoms. The molecule has 1 N–H and O–H groups in total. The van der Waals surface area contributed by atoms with E-state index in [4.69, 9.17) is 5.26 Å². The molecule has 9 heteroatoms. The van der Waals surface area contributed by atoms with Crippen molar-refractivity contribution in [1.29, 1.82) is 5.26 Å². The molecule has 1 rings (SSSR count). The second kappa shape index (κ2) is 5.14. The summed E-state index contributed by atoms with van der Waals surface area (Å²) >= 11 is 0. The molecule has 0 saturated heterocycles. The number of halogens is 4. The second-order valence-electron chi connectivity index (χ2n) is 3.61. The molecule has 0 fully saturated rings. The number of benzene rings is 1. The van der Waals surface area contributed by atoms with Gasteiger partial charge >= 0.3 is 6.18 Å². The van der Waals surface area contributed by atoms with Gasteiger partial charge in [-0.25, -0.2) is 12.8 Å². The summed E-state index contributed by atoms with van der Waals surface area (Å²) in [5.41, 5.74) is -1.68. The summed E-state index contributed by atoms with van der Waals surface area (Å²) in [7, 11) is -4.31. The molecule has 0 spiro atoms. The summed E-state index contributed by atoms with van der Waals surface area (Å²) < 4.78 is 75.4. The first kappa shape index (κ1) is 15.4. The van der Waals surface area contributed by atoms with E-state index in [1.54, 1.807) is 6.07 Å². The molecule has 0 heterocycles. The third-order valence-electron chi connectivity index (χ3n) is 2.08. The molecule has 1 aromatic rings. The average molecular weight is 296 g/mol. The Bertz CT molecular complexity index is 619. The van der Waals surface area contributed by atoms with Gasteiger partial charge in [0.25, 0.3) is 0 Å². The van der Waals surface area contributed by atoms with Crippen LogP contribution in [-0.2, 0) is 16.2 Å². The Morgan fingerprint density at radius 3 is 2.42 bits per heavy atom. The predicted octanol–water partition coefficient (Wildman–Crippen LogP) is 2.03. The molecule has 0 amide bonds. The fraction of sp³-hybridized carbons (Fsp3) is 0.300. The molecule has 104 valence electrons. The van der Waals surface area contributed by atoms with E-state index in [2.05, 4.69) is 0 Å². The Labute approximate surface area is 106 Å². The highest BCUT2D eigenvalue weighted by Gasteiger charge is 2.35. The molecule has 0 unspecified atom stereocenters. The summed E-state index contributed by atoms with van der Waals surface area (Å²) in [6.45, 7) is 1.21. The lowest BCUT2D eigenvalue weighted by molar-refractivity contribution is -0.140. The molecule has 0 radical (unpaired) electrons. The number of rotatable bonds is 3. The number of hydrogen-bond acceptors (Lipinski definition) is 3. The molecule has 0 aromatic heterocycles. The van der Waals surface area contributed by atoms with Crippen LogP contribution in [0.2, 0.25) is 0 Å². The zero-order chi connectivity index (χ0) is 14.8. The zero-order valence-corrected chi connectivity index (χ0v) is 10.3. The van der Waals surface area contributed by atoms with E-state index in [9.17, 15) is 26.0 Å². The maximum absolute atomic E-state index is 13.0. The first-order valence-corrected chi connectivity index (χ1v) is 6.35. The topological polar surface area (TPSA) is 70.0 Å². The van der Waals surface area contributed by atoms with E-state index in [1.807, 2.05) is 4.72 Å². The van der Waals surface area contributed by atoms with Crippen LogP contribution in [0, 0.1) is 17.1 Å². The van der Waals surface area contributed by atoms with Crippen molar-refractivity contribution in [3.05, 3.63) is 29.6 Å². The van der Waals surface area contributed by atoms with Gasteiger partial charge in [0.15, 0.2) is 0 Å². The Morgan fingerprint density at radius 2 is 1.95 bits per heavy atom. The molecule has 1 atom stereocenters. The Hall–Kier alpha value is -1.66. The van der Waals surface area contributed by atoms with Crippen LogP contribution in [0.1, 0.15) is 12.5 Å². The van der Waals surface area contributed by atoms with Gasteiger partial charge in [0.1, 0.15) is 11.9 Å². The summed E-state index contributed by atoms with van der Waals surface area (Å²) in [6, 6.07) is 1.72. The van der Waals surface area contributed by atoms with Crippen molar-refractivity contribution in [2.75, 3.05) is 0 Å². The maximum Gasteiger partial charge on any atom is 0.419 e. The van der Waals surface area contributed by atoms with Gasteiger partial charge in [-0.3, -0.25) is 0 Å². The Kier molecular flexibility index (Phi) is 4.17. The van der Waals surface area contributed by atoms with Crippen molar-refractivity contribution in [3.8, 4) is 6.07 Å². The van der Waals surface area contributed by atoms with Gasteiger partial charge in [-0.05, 0) is 25.1 Å². The molecule has 0 aliphatic rings.